The van der Waals surface area contributed by atoms with Crippen molar-refractivity contribution in [3.63, 3.8) is 0 Å². The summed E-state index contributed by atoms with van der Waals surface area (Å²) in [5, 5.41) is 0. The van der Waals surface area contributed by atoms with Gasteiger partial charge in [-0.05, 0) is 18.4 Å². The molecule has 94 valence electrons. The Balaban J connectivity index is 1.88. The van der Waals surface area contributed by atoms with Crippen LogP contribution in [0.4, 0.5) is 0 Å². The fraction of sp³-hybridized carbons (Fsp3) is 0.333. The first-order chi connectivity index (χ1) is 8.81. The van der Waals surface area contributed by atoms with Crippen molar-refractivity contribution in [2.45, 2.75) is 25.3 Å². The molecule has 0 spiro atoms. The van der Waals surface area contributed by atoms with Gasteiger partial charge < -0.3 is 9.69 Å². The van der Waals surface area contributed by atoms with Crippen LogP contribution in [0.5, 0.6) is 0 Å². The van der Waals surface area contributed by atoms with Crippen LogP contribution in [0.2, 0.25) is 0 Å². The number of likely N-dealkylation sites (tertiary alicyclic amines) is 1. The third-order valence-electron chi connectivity index (χ3n) is 3.18. The second-order valence-electron chi connectivity index (χ2n) is 4.45. The van der Waals surface area contributed by atoms with Crippen LogP contribution in [0.25, 0.3) is 6.08 Å². The molecule has 3 heteroatoms. The number of benzene rings is 1. The van der Waals surface area contributed by atoms with Gasteiger partial charge in [0, 0.05) is 13.0 Å². The van der Waals surface area contributed by atoms with Gasteiger partial charge in [0.25, 0.3) is 0 Å². The first-order valence-electron chi connectivity index (χ1n) is 6.27. The summed E-state index contributed by atoms with van der Waals surface area (Å²) >= 11 is 0. The Morgan fingerprint density at radius 1 is 1.33 bits per heavy atom. The van der Waals surface area contributed by atoms with Gasteiger partial charge in [0.1, 0.15) is 6.29 Å². The molecule has 0 saturated carbocycles. The van der Waals surface area contributed by atoms with Crippen molar-refractivity contribution in [3.8, 4) is 0 Å². The number of hydrogen-bond acceptors (Lipinski definition) is 2. The molecule has 1 atom stereocenters. The fourth-order valence-corrected chi connectivity index (χ4v) is 2.22. The number of carbonyl (C=O) groups excluding carboxylic acids is 2. The molecular formula is C15H17NO2. The summed E-state index contributed by atoms with van der Waals surface area (Å²) in [6, 6.07) is 9.66. The summed E-state index contributed by atoms with van der Waals surface area (Å²) < 4.78 is 0. The lowest BCUT2D eigenvalue weighted by Crippen LogP contribution is -2.35. The lowest BCUT2D eigenvalue weighted by molar-refractivity contribution is -0.133. The van der Waals surface area contributed by atoms with Gasteiger partial charge in [-0.25, -0.2) is 0 Å². The standard InChI is InChI=1S/C15H17NO2/c17-12-14-9-5-11-16(14)15(18)10-4-8-13-6-2-1-3-7-13/h1-4,6-8,12,14H,5,9-11H2/b8-4+/t14-/m0/s1. The van der Waals surface area contributed by atoms with Crippen molar-refractivity contribution >= 4 is 18.3 Å². The lowest BCUT2D eigenvalue weighted by atomic mass is 10.2. The second kappa shape index (κ2) is 6.15. The van der Waals surface area contributed by atoms with Gasteiger partial charge in [-0.2, -0.15) is 0 Å². The van der Waals surface area contributed by atoms with Gasteiger partial charge in [0.2, 0.25) is 5.91 Å². The maximum Gasteiger partial charge on any atom is 0.226 e. The Bertz CT molecular complexity index is 439. The Morgan fingerprint density at radius 3 is 2.83 bits per heavy atom. The molecule has 1 amide bonds. The monoisotopic (exact) mass is 243 g/mol. The molecule has 1 aromatic rings. The molecule has 3 nitrogen and oxygen atoms in total. The van der Waals surface area contributed by atoms with E-state index in [4.69, 9.17) is 0 Å². The Hall–Kier alpha value is -1.90. The number of nitrogens with zero attached hydrogens (tertiary/aromatic N) is 1. The smallest absolute Gasteiger partial charge is 0.226 e. The average Bonchev–Trinajstić information content (AvgIpc) is 2.88. The SMILES string of the molecule is O=C[C@@H]1CCCN1C(=O)C/C=C/c1ccccc1. The molecule has 0 aliphatic carbocycles. The summed E-state index contributed by atoms with van der Waals surface area (Å²) in [6.45, 7) is 0.710. The van der Waals surface area contributed by atoms with E-state index in [1.165, 1.54) is 0 Å². The number of rotatable bonds is 4. The molecule has 1 aliphatic heterocycles. The maximum absolute atomic E-state index is 11.9. The van der Waals surface area contributed by atoms with E-state index in [0.717, 1.165) is 24.7 Å². The zero-order valence-corrected chi connectivity index (χ0v) is 10.3. The van der Waals surface area contributed by atoms with Crippen LogP contribution >= 0.6 is 0 Å². The van der Waals surface area contributed by atoms with Crippen LogP contribution in [0.15, 0.2) is 36.4 Å². The van der Waals surface area contributed by atoms with Gasteiger partial charge in [0.15, 0.2) is 0 Å². The van der Waals surface area contributed by atoms with Crippen molar-refractivity contribution in [1.29, 1.82) is 0 Å². The van der Waals surface area contributed by atoms with E-state index in [9.17, 15) is 9.59 Å². The Morgan fingerprint density at radius 2 is 2.11 bits per heavy atom. The number of hydrogen-bond donors (Lipinski definition) is 0. The molecule has 1 saturated heterocycles. The molecular weight excluding hydrogens is 226 g/mol. The Labute approximate surface area is 107 Å². The van der Waals surface area contributed by atoms with Crippen LogP contribution < -0.4 is 0 Å². The highest BCUT2D eigenvalue weighted by molar-refractivity contribution is 5.82. The van der Waals surface area contributed by atoms with Crippen LogP contribution in [0.1, 0.15) is 24.8 Å². The predicted molar refractivity (Wildman–Crippen MR) is 70.9 cm³/mol. The van der Waals surface area contributed by atoms with E-state index < -0.39 is 0 Å². The minimum absolute atomic E-state index is 0.0387. The van der Waals surface area contributed by atoms with Gasteiger partial charge in [0.05, 0.1) is 6.04 Å². The minimum atomic E-state index is -0.206. The molecule has 2 rings (SSSR count). The predicted octanol–water partition coefficient (Wildman–Crippen LogP) is 2.28. The van der Waals surface area contributed by atoms with Gasteiger partial charge in [-0.1, -0.05) is 42.5 Å². The maximum atomic E-state index is 11.9. The fourth-order valence-electron chi connectivity index (χ4n) is 2.22. The van der Waals surface area contributed by atoms with Crippen molar-refractivity contribution in [3.05, 3.63) is 42.0 Å². The molecule has 0 N–H and O–H groups in total. The number of carbonyl (C=O) groups is 2. The topological polar surface area (TPSA) is 37.4 Å². The molecule has 0 bridgehead atoms. The van der Waals surface area contributed by atoms with E-state index in [0.29, 0.717) is 13.0 Å². The third-order valence-corrected chi connectivity index (χ3v) is 3.18. The van der Waals surface area contributed by atoms with Gasteiger partial charge >= 0.3 is 0 Å². The number of aldehydes is 1. The summed E-state index contributed by atoms with van der Waals surface area (Å²) in [5.41, 5.74) is 1.08. The summed E-state index contributed by atoms with van der Waals surface area (Å²) in [4.78, 5) is 24.4. The number of amides is 1. The molecule has 1 fully saturated rings. The zero-order chi connectivity index (χ0) is 12.8. The van der Waals surface area contributed by atoms with Crippen LogP contribution in [0.3, 0.4) is 0 Å². The highest BCUT2D eigenvalue weighted by Gasteiger charge is 2.27. The van der Waals surface area contributed by atoms with Crippen LogP contribution in [-0.4, -0.2) is 29.7 Å². The Kier molecular flexibility index (Phi) is 4.29. The minimum Gasteiger partial charge on any atom is -0.333 e. The van der Waals surface area contributed by atoms with Crippen molar-refractivity contribution in [2.75, 3.05) is 6.54 Å². The third kappa shape index (κ3) is 3.06. The molecule has 1 aliphatic rings. The summed E-state index contributed by atoms with van der Waals surface area (Å²) in [6.07, 6.45) is 6.77. The average molecular weight is 243 g/mol. The summed E-state index contributed by atoms with van der Waals surface area (Å²) in [7, 11) is 0. The zero-order valence-electron chi connectivity index (χ0n) is 10.3. The van der Waals surface area contributed by atoms with Crippen LogP contribution in [-0.2, 0) is 9.59 Å². The molecule has 0 unspecified atom stereocenters. The van der Waals surface area contributed by atoms with Gasteiger partial charge in [-0.15, -0.1) is 0 Å². The van der Waals surface area contributed by atoms with E-state index in [1.54, 1.807) is 4.90 Å². The van der Waals surface area contributed by atoms with Crippen molar-refractivity contribution < 1.29 is 9.59 Å². The van der Waals surface area contributed by atoms with E-state index in [-0.39, 0.29) is 11.9 Å². The molecule has 18 heavy (non-hydrogen) atoms. The molecule has 0 aromatic heterocycles. The quantitative estimate of drug-likeness (QED) is 0.761. The first kappa shape index (κ1) is 12.6. The summed E-state index contributed by atoms with van der Waals surface area (Å²) in [5.74, 6) is 0.0387. The highest BCUT2D eigenvalue weighted by Crippen LogP contribution is 2.16. The van der Waals surface area contributed by atoms with E-state index in [2.05, 4.69) is 0 Å². The normalized spacial score (nSPS) is 19.3. The first-order valence-corrected chi connectivity index (χ1v) is 6.27. The van der Waals surface area contributed by atoms with Gasteiger partial charge in [-0.3, -0.25) is 4.79 Å². The second-order valence-corrected chi connectivity index (χ2v) is 4.45. The van der Waals surface area contributed by atoms with E-state index >= 15 is 0 Å². The van der Waals surface area contributed by atoms with E-state index in [1.807, 2.05) is 42.5 Å². The van der Waals surface area contributed by atoms with Crippen molar-refractivity contribution in [1.82, 2.24) is 4.90 Å². The van der Waals surface area contributed by atoms with Crippen molar-refractivity contribution in [2.24, 2.45) is 0 Å². The lowest BCUT2D eigenvalue weighted by Gasteiger charge is -2.19. The molecule has 0 radical (unpaired) electrons. The highest BCUT2D eigenvalue weighted by atomic mass is 16.2. The largest absolute Gasteiger partial charge is 0.333 e. The van der Waals surface area contributed by atoms with Crippen LogP contribution in [0, 0.1) is 0 Å². The molecule has 1 aromatic carbocycles. The molecule has 1 heterocycles.